The molecule has 3 rings (SSSR count). The Bertz CT molecular complexity index is 1000. The number of nitrogens with one attached hydrogen (secondary N) is 1. The Morgan fingerprint density at radius 3 is 2.63 bits per heavy atom. The molecule has 0 radical (unpaired) electrons. The van der Waals surface area contributed by atoms with Crippen molar-refractivity contribution in [1.29, 1.82) is 0 Å². The van der Waals surface area contributed by atoms with Gasteiger partial charge in [-0.15, -0.1) is 6.42 Å². The maximum absolute atomic E-state index is 12.9. The number of nitrogens with zero attached hydrogens (tertiary/aromatic N) is 1. The topological polar surface area (TPSA) is 75.7 Å². The molecule has 0 atom stereocenters. The highest BCUT2D eigenvalue weighted by Gasteiger charge is 2.28. The van der Waals surface area contributed by atoms with E-state index in [1.807, 2.05) is 0 Å². The van der Waals surface area contributed by atoms with E-state index >= 15 is 0 Å². The molecule has 0 saturated carbocycles. The fourth-order valence-corrected chi connectivity index (χ4v) is 4.49. The number of terminal acetylenes is 1. The Morgan fingerprint density at radius 1 is 1.19 bits per heavy atom. The van der Waals surface area contributed by atoms with Crippen LogP contribution in [-0.2, 0) is 14.8 Å². The molecule has 7 heteroatoms. The molecule has 27 heavy (non-hydrogen) atoms. The minimum atomic E-state index is -3.69. The van der Waals surface area contributed by atoms with Crippen LogP contribution in [0.25, 0.3) is 0 Å². The van der Waals surface area contributed by atoms with Gasteiger partial charge < -0.3 is 10.1 Å². The molecule has 1 amide bonds. The Kier molecular flexibility index (Phi) is 5.61. The molecule has 0 unspecified atom stereocenters. The molecule has 1 aliphatic heterocycles. The van der Waals surface area contributed by atoms with Crippen molar-refractivity contribution in [3.8, 4) is 12.3 Å². The lowest BCUT2D eigenvalue weighted by atomic mass is 10.1. The summed E-state index contributed by atoms with van der Waals surface area (Å²) in [7, 11) is -3.69. The SMILES string of the molecule is C#Cc1cccc(NC(=O)c2ccc(C)c(S(=O)(=O)N3CCOCC3)c2)c1. The number of hydrogen-bond acceptors (Lipinski definition) is 4. The number of carbonyl (C=O) groups is 1. The highest BCUT2D eigenvalue weighted by atomic mass is 32.2. The van der Waals surface area contributed by atoms with E-state index in [9.17, 15) is 13.2 Å². The van der Waals surface area contributed by atoms with Crippen LogP contribution in [0.15, 0.2) is 47.4 Å². The summed E-state index contributed by atoms with van der Waals surface area (Å²) in [6.45, 7) is 3.05. The zero-order chi connectivity index (χ0) is 19.4. The molecule has 2 aromatic rings. The van der Waals surface area contributed by atoms with Gasteiger partial charge in [-0.25, -0.2) is 8.42 Å². The van der Waals surface area contributed by atoms with Gasteiger partial charge in [0.05, 0.1) is 18.1 Å². The first-order chi connectivity index (χ1) is 12.9. The molecule has 0 aromatic heterocycles. The third-order valence-corrected chi connectivity index (χ3v) is 6.37. The summed E-state index contributed by atoms with van der Waals surface area (Å²) in [5.74, 6) is 2.11. The predicted octanol–water partition coefficient (Wildman–Crippen LogP) is 2.25. The molecule has 1 N–H and O–H groups in total. The average Bonchev–Trinajstić information content (AvgIpc) is 2.69. The number of morpholine rings is 1. The standard InChI is InChI=1S/C20H20N2O4S/c1-3-16-5-4-6-18(13-16)21-20(23)17-8-7-15(2)19(14-17)27(24,25)22-9-11-26-12-10-22/h1,4-8,13-14H,9-12H2,2H3,(H,21,23). The molecule has 140 valence electrons. The molecule has 1 aliphatic rings. The summed E-state index contributed by atoms with van der Waals surface area (Å²) >= 11 is 0. The number of hydrogen-bond donors (Lipinski definition) is 1. The van der Waals surface area contributed by atoms with Gasteiger partial charge in [0.2, 0.25) is 10.0 Å². The fourth-order valence-electron chi connectivity index (χ4n) is 2.84. The predicted molar refractivity (Wildman–Crippen MR) is 103 cm³/mol. The molecule has 6 nitrogen and oxygen atoms in total. The number of aryl methyl sites for hydroxylation is 1. The van der Waals surface area contributed by atoms with E-state index in [2.05, 4.69) is 11.2 Å². The van der Waals surface area contributed by atoms with Crippen molar-refractivity contribution < 1.29 is 17.9 Å². The number of rotatable bonds is 4. The summed E-state index contributed by atoms with van der Waals surface area (Å²) in [5.41, 5.74) is 2.05. The van der Waals surface area contributed by atoms with Crippen LogP contribution in [0.2, 0.25) is 0 Å². The van der Waals surface area contributed by atoms with Crippen molar-refractivity contribution in [2.45, 2.75) is 11.8 Å². The molecule has 2 aromatic carbocycles. The van der Waals surface area contributed by atoms with Gasteiger partial charge >= 0.3 is 0 Å². The van der Waals surface area contributed by atoms with Gasteiger partial charge in [0.25, 0.3) is 5.91 Å². The first kappa shape index (κ1) is 19.1. The van der Waals surface area contributed by atoms with Crippen LogP contribution < -0.4 is 5.32 Å². The molecular weight excluding hydrogens is 364 g/mol. The highest BCUT2D eigenvalue weighted by molar-refractivity contribution is 7.89. The van der Waals surface area contributed by atoms with Crippen LogP contribution in [0.3, 0.4) is 0 Å². The van der Waals surface area contributed by atoms with Gasteiger partial charge in [0.15, 0.2) is 0 Å². The Balaban J connectivity index is 1.88. The Hall–Kier alpha value is -2.66. The first-order valence-corrected chi connectivity index (χ1v) is 9.92. The molecule has 0 spiro atoms. The number of amides is 1. The van der Waals surface area contributed by atoms with Gasteiger partial charge in [-0.2, -0.15) is 4.31 Å². The third-order valence-electron chi connectivity index (χ3n) is 4.33. The van der Waals surface area contributed by atoms with Crippen LogP contribution >= 0.6 is 0 Å². The van der Waals surface area contributed by atoms with E-state index in [0.717, 1.165) is 0 Å². The first-order valence-electron chi connectivity index (χ1n) is 8.48. The summed E-state index contributed by atoms with van der Waals surface area (Å²) in [6.07, 6.45) is 5.37. The lowest BCUT2D eigenvalue weighted by Crippen LogP contribution is -2.40. The molecule has 1 heterocycles. The van der Waals surface area contributed by atoms with Crippen LogP contribution in [0, 0.1) is 19.3 Å². The van der Waals surface area contributed by atoms with Gasteiger partial charge in [-0.05, 0) is 42.8 Å². The zero-order valence-electron chi connectivity index (χ0n) is 14.9. The van der Waals surface area contributed by atoms with Gasteiger partial charge in [0, 0.05) is 29.9 Å². The number of benzene rings is 2. The lowest BCUT2D eigenvalue weighted by molar-refractivity contribution is 0.0730. The third kappa shape index (κ3) is 4.19. The normalized spacial score (nSPS) is 15.1. The smallest absolute Gasteiger partial charge is 0.255 e. The van der Waals surface area contributed by atoms with Crippen molar-refractivity contribution in [3.63, 3.8) is 0 Å². The van der Waals surface area contributed by atoms with Crippen molar-refractivity contribution in [3.05, 3.63) is 59.2 Å². The largest absolute Gasteiger partial charge is 0.379 e. The quantitative estimate of drug-likeness (QED) is 0.821. The average molecular weight is 384 g/mol. The summed E-state index contributed by atoms with van der Waals surface area (Å²) in [5, 5.41) is 2.75. The summed E-state index contributed by atoms with van der Waals surface area (Å²) < 4.78 is 32.5. The van der Waals surface area contributed by atoms with Crippen LogP contribution in [-0.4, -0.2) is 44.9 Å². The van der Waals surface area contributed by atoms with E-state index in [-0.39, 0.29) is 10.5 Å². The van der Waals surface area contributed by atoms with E-state index in [1.165, 1.54) is 10.4 Å². The van der Waals surface area contributed by atoms with E-state index in [1.54, 1.807) is 43.3 Å². The lowest BCUT2D eigenvalue weighted by Gasteiger charge is -2.26. The monoisotopic (exact) mass is 384 g/mol. The zero-order valence-corrected chi connectivity index (χ0v) is 15.8. The maximum Gasteiger partial charge on any atom is 0.255 e. The van der Waals surface area contributed by atoms with E-state index in [4.69, 9.17) is 11.2 Å². The Labute approximate surface area is 159 Å². The maximum atomic E-state index is 12.9. The number of ether oxygens (including phenoxy) is 1. The molecule has 1 saturated heterocycles. The van der Waals surface area contributed by atoms with Crippen LogP contribution in [0.4, 0.5) is 5.69 Å². The van der Waals surface area contributed by atoms with Crippen LogP contribution in [0.5, 0.6) is 0 Å². The second kappa shape index (κ2) is 7.92. The van der Waals surface area contributed by atoms with Crippen molar-refractivity contribution in [2.75, 3.05) is 31.6 Å². The molecular formula is C20H20N2O4S. The number of anilines is 1. The van der Waals surface area contributed by atoms with Crippen molar-refractivity contribution in [2.24, 2.45) is 0 Å². The van der Waals surface area contributed by atoms with Crippen LogP contribution in [0.1, 0.15) is 21.5 Å². The summed E-state index contributed by atoms with van der Waals surface area (Å²) in [4.78, 5) is 12.7. The molecule has 1 fully saturated rings. The minimum Gasteiger partial charge on any atom is -0.379 e. The second-order valence-electron chi connectivity index (χ2n) is 6.18. The molecule has 0 aliphatic carbocycles. The second-order valence-corrected chi connectivity index (χ2v) is 8.08. The van der Waals surface area contributed by atoms with E-state index < -0.39 is 15.9 Å². The number of carbonyl (C=O) groups excluding carboxylic acids is 1. The van der Waals surface area contributed by atoms with Gasteiger partial charge in [-0.3, -0.25) is 4.79 Å². The molecule has 0 bridgehead atoms. The minimum absolute atomic E-state index is 0.134. The Morgan fingerprint density at radius 2 is 1.93 bits per heavy atom. The van der Waals surface area contributed by atoms with E-state index in [0.29, 0.717) is 43.1 Å². The number of sulfonamides is 1. The van der Waals surface area contributed by atoms with Gasteiger partial charge in [0.1, 0.15) is 0 Å². The van der Waals surface area contributed by atoms with Gasteiger partial charge in [-0.1, -0.05) is 18.1 Å². The fraction of sp³-hybridized carbons (Fsp3) is 0.250. The highest BCUT2D eigenvalue weighted by Crippen LogP contribution is 2.23. The van der Waals surface area contributed by atoms with Crippen molar-refractivity contribution >= 4 is 21.6 Å². The van der Waals surface area contributed by atoms with Crippen molar-refractivity contribution in [1.82, 2.24) is 4.31 Å². The summed E-state index contributed by atoms with van der Waals surface area (Å²) in [6, 6.07) is 11.6.